The molecular formula is C12H17FN2O2. The number of hydrogen-bond acceptors (Lipinski definition) is 3. The smallest absolute Gasteiger partial charge is 0.238 e. The van der Waals surface area contributed by atoms with Crippen LogP contribution in [0.25, 0.3) is 0 Å². The zero-order valence-corrected chi connectivity index (χ0v) is 10.2. The van der Waals surface area contributed by atoms with Gasteiger partial charge < -0.3 is 15.4 Å². The van der Waals surface area contributed by atoms with E-state index < -0.39 is 5.82 Å². The average Bonchev–Trinajstić information content (AvgIpc) is 2.29. The van der Waals surface area contributed by atoms with E-state index in [0.717, 1.165) is 0 Å². The van der Waals surface area contributed by atoms with Crippen LogP contribution in [-0.2, 0) is 4.79 Å². The molecule has 0 radical (unpaired) electrons. The first-order chi connectivity index (χ1) is 8.02. The number of benzene rings is 1. The zero-order valence-electron chi connectivity index (χ0n) is 10.2. The van der Waals surface area contributed by atoms with Gasteiger partial charge in [-0.1, -0.05) is 13.8 Å². The van der Waals surface area contributed by atoms with Gasteiger partial charge in [-0.05, 0) is 12.1 Å². The topological polar surface area (TPSA) is 50.4 Å². The molecule has 1 aromatic carbocycles. The average molecular weight is 240 g/mol. The van der Waals surface area contributed by atoms with Gasteiger partial charge in [-0.2, -0.15) is 0 Å². The van der Waals surface area contributed by atoms with Crippen LogP contribution in [0.4, 0.5) is 10.1 Å². The molecule has 94 valence electrons. The van der Waals surface area contributed by atoms with Gasteiger partial charge in [0.25, 0.3) is 0 Å². The fraction of sp³-hybridized carbons (Fsp3) is 0.417. The highest BCUT2D eigenvalue weighted by atomic mass is 19.1. The van der Waals surface area contributed by atoms with Gasteiger partial charge in [-0.25, -0.2) is 4.39 Å². The summed E-state index contributed by atoms with van der Waals surface area (Å²) in [6.07, 6.45) is 0. The lowest BCUT2D eigenvalue weighted by molar-refractivity contribution is -0.115. The molecule has 2 N–H and O–H groups in total. The summed E-state index contributed by atoms with van der Waals surface area (Å²) in [5.74, 6) is -0.270. The molecule has 0 fully saturated rings. The van der Waals surface area contributed by atoms with Gasteiger partial charge in [0.15, 0.2) is 0 Å². The van der Waals surface area contributed by atoms with E-state index in [1.165, 1.54) is 25.3 Å². The zero-order chi connectivity index (χ0) is 12.8. The normalized spacial score (nSPS) is 10.4. The molecule has 0 aliphatic carbocycles. The van der Waals surface area contributed by atoms with Crippen molar-refractivity contribution in [2.45, 2.75) is 19.9 Å². The Morgan fingerprint density at radius 1 is 1.47 bits per heavy atom. The highest BCUT2D eigenvalue weighted by Crippen LogP contribution is 2.20. The highest BCUT2D eigenvalue weighted by Gasteiger charge is 2.08. The second kappa shape index (κ2) is 6.20. The van der Waals surface area contributed by atoms with Crippen LogP contribution in [0, 0.1) is 5.82 Å². The molecule has 17 heavy (non-hydrogen) atoms. The largest absolute Gasteiger partial charge is 0.497 e. The first-order valence-electron chi connectivity index (χ1n) is 5.39. The first-order valence-corrected chi connectivity index (χ1v) is 5.39. The number of nitrogens with one attached hydrogen (secondary N) is 2. The number of halogens is 1. The lowest BCUT2D eigenvalue weighted by atomic mass is 10.3. The van der Waals surface area contributed by atoms with E-state index in [4.69, 9.17) is 4.74 Å². The number of anilines is 1. The molecule has 0 atom stereocenters. The van der Waals surface area contributed by atoms with Gasteiger partial charge in [0.2, 0.25) is 5.91 Å². The van der Waals surface area contributed by atoms with Crippen LogP contribution in [0.15, 0.2) is 18.2 Å². The molecule has 1 amide bonds. The molecule has 0 aliphatic heterocycles. The Morgan fingerprint density at radius 3 is 2.76 bits per heavy atom. The van der Waals surface area contributed by atoms with E-state index in [-0.39, 0.29) is 24.2 Å². The number of rotatable bonds is 5. The molecule has 0 heterocycles. The molecule has 4 nitrogen and oxygen atoms in total. The SMILES string of the molecule is COc1ccc(F)c(NC(=O)CNC(C)C)c1. The summed E-state index contributed by atoms with van der Waals surface area (Å²) >= 11 is 0. The van der Waals surface area contributed by atoms with Crippen molar-refractivity contribution in [2.24, 2.45) is 0 Å². The van der Waals surface area contributed by atoms with Crippen LogP contribution in [0.3, 0.4) is 0 Å². The third-order valence-electron chi connectivity index (χ3n) is 2.12. The summed E-state index contributed by atoms with van der Waals surface area (Å²) in [5, 5.41) is 5.43. The number of methoxy groups -OCH3 is 1. The van der Waals surface area contributed by atoms with Crippen molar-refractivity contribution in [1.29, 1.82) is 0 Å². The number of carbonyl (C=O) groups is 1. The lowest BCUT2D eigenvalue weighted by Gasteiger charge is -2.10. The maximum Gasteiger partial charge on any atom is 0.238 e. The monoisotopic (exact) mass is 240 g/mol. The number of hydrogen-bond donors (Lipinski definition) is 2. The Kier molecular flexibility index (Phi) is 4.90. The third kappa shape index (κ3) is 4.40. The third-order valence-corrected chi connectivity index (χ3v) is 2.12. The van der Waals surface area contributed by atoms with Crippen LogP contribution in [0.5, 0.6) is 5.75 Å². The van der Waals surface area contributed by atoms with Crippen molar-refractivity contribution in [1.82, 2.24) is 5.32 Å². The van der Waals surface area contributed by atoms with E-state index in [2.05, 4.69) is 10.6 Å². The molecule has 0 aliphatic rings. The minimum atomic E-state index is -0.483. The summed E-state index contributed by atoms with van der Waals surface area (Å²) in [4.78, 5) is 11.5. The summed E-state index contributed by atoms with van der Waals surface area (Å²) in [5.41, 5.74) is 0.125. The summed E-state index contributed by atoms with van der Waals surface area (Å²) in [6, 6.07) is 4.40. The van der Waals surface area contributed by atoms with Crippen LogP contribution >= 0.6 is 0 Å². The van der Waals surface area contributed by atoms with Gasteiger partial charge in [-0.15, -0.1) is 0 Å². The molecule has 0 unspecified atom stereocenters. The number of carbonyl (C=O) groups excluding carboxylic acids is 1. The van der Waals surface area contributed by atoms with Gasteiger partial charge in [0, 0.05) is 12.1 Å². The molecule has 0 bridgehead atoms. The molecular weight excluding hydrogens is 223 g/mol. The highest BCUT2D eigenvalue weighted by molar-refractivity contribution is 5.92. The van der Waals surface area contributed by atoms with E-state index >= 15 is 0 Å². The standard InChI is InChI=1S/C12H17FN2O2/c1-8(2)14-7-12(16)15-11-6-9(17-3)4-5-10(11)13/h4-6,8,14H,7H2,1-3H3,(H,15,16). The maximum absolute atomic E-state index is 13.4. The molecule has 0 saturated heterocycles. The van der Waals surface area contributed by atoms with Crippen molar-refractivity contribution in [2.75, 3.05) is 19.0 Å². The Balaban J connectivity index is 2.64. The van der Waals surface area contributed by atoms with E-state index in [1.54, 1.807) is 0 Å². The molecule has 1 aromatic rings. The first kappa shape index (κ1) is 13.4. The van der Waals surface area contributed by atoms with E-state index in [0.29, 0.717) is 5.75 Å². The predicted molar refractivity (Wildman–Crippen MR) is 64.7 cm³/mol. The van der Waals surface area contributed by atoms with E-state index in [9.17, 15) is 9.18 Å². The molecule has 0 spiro atoms. The van der Waals surface area contributed by atoms with E-state index in [1.807, 2.05) is 13.8 Å². The van der Waals surface area contributed by atoms with Crippen molar-refractivity contribution in [3.63, 3.8) is 0 Å². The van der Waals surface area contributed by atoms with Crippen molar-refractivity contribution < 1.29 is 13.9 Å². The minimum Gasteiger partial charge on any atom is -0.497 e. The van der Waals surface area contributed by atoms with Gasteiger partial charge >= 0.3 is 0 Å². The van der Waals surface area contributed by atoms with Gasteiger partial charge in [0.1, 0.15) is 11.6 Å². The molecule has 1 rings (SSSR count). The number of amides is 1. The van der Waals surface area contributed by atoms with Gasteiger partial charge in [0.05, 0.1) is 19.3 Å². The second-order valence-electron chi connectivity index (χ2n) is 3.93. The second-order valence-corrected chi connectivity index (χ2v) is 3.93. The number of ether oxygens (including phenoxy) is 1. The fourth-order valence-corrected chi connectivity index (χ4v) is 1.22. The van der Waals surface area contributed by atoms with Gasteiger partial charge in [-0.3, -0.25) is 4.79 Å². The predicted octanol–water partition coefficient (Wildman–Crippen LogP) is 1.77. The summed E-state index contributed by atoms with van der Waals surface area (Å²) in [6.45, 7) is 4.01. The van der Waals surface area contributed by atoms with Crippen LogP contribution in [-0.4, -0.2) is 25.6 Å². The Labute approximate surface area is 100 Å². The summed E-state index contributed by atoms with van der Waals surface area (Å²) in [7, 11) is 1.49. The maximum atomic E-state index is 13.4. The van der Waals surface area contributed by atoms with Crippen molar-refractivity contribution in [3.8, 4) is 5.75 Å². The van der Waals surface area contributed by atoms with Crippen LogP contribution < -0.4 is 15.4 Å². The van der Waals surface area contributed by atoms with Crippen molar-refractivity contribution >= 4 is 11.6 Å². The van der Waals surface area contributed by atoms with Crippen molar-refractivity contribution in [3.05, 3.63) is 24.0 Å². The fourth-order valence-electron chi connectivity index (χ4n) is 1.22. The minimum absolute atomic E-state index is 0.125. The Hall–Kier alpha value is -1.62. The Morgan fingerprint density at radius 2 is 2.18 bits per heavy atom. The van der Waals surface area contributed by atoms with Crippen LogP contribution in [0.2, 0.25) is 0 Å². The molecule has 0 saturated carbocycles. The molecule has 0 aromatic heterocycles. The van der Waals surface area contributed by atoms with Crippen LogP contribution in [0.1, 0.15) is 13.8 Å². The summed E-state index contributed by atoms with van der Waals surface area (Å²) < 4.78 is 18.3. The molecule has 5 heteroatoms. The Bertz CT molecular complexity index is 394. The quantitative estimate of drug-likeness (QED) is 0.824. The lowest BCUT2D eigenvalue weighted by Crippen LogP contribution is -2.32.